The summed E-state index contributed by atoms with van der Waals surface area (Å²) in [7, 11) is -3.41. The fraction of sp³-hybridized carbons (Fsp3) is 0.538. The average molecular weight is 348 g/mol. The van der Waals surface area contributed by atoms with Gasteiger partial charge in [0.1, 0.15) is 0 Å². The van der Waals surface area contributed by atoms with Crippen molar-refractivity contribution in [3.8, 4) is 0 Å². The molecular formula is C13H18BrNO3S. The lowest BCUT2D eigenvalue weighted by molar-refractivity contribution is -0.00277. The van der Waals surface area contributed by atoms with Crippen molar-refractivity contribution in [2.75, 3.05) is 19.7 Å². The van der Waals surface area contributed by atoms with Gasteiger partial charge in [-0.3, -0.25) is 0 Å². The van der Waals surface area contributed by atoms with Gasteiger partial charge in [0.2, 0.25) is 10.0 Å². The Bertz CT molecular complexity index is 559. The minimum Gasteiger partial charge on any atom is -0.375 e. The number of aryl methyl sites for hydroxylation is 1. The Morgan fingerprint density at radius 3 is 2.84 bits per heavy atom. The Labute approximate surface area is 122 Å². The highest BCUT2D eigenvalue weighted by molar-refractivity contribution is 9.10. The second kappa shape index (κ2) is 5.91. The molecule has 19 heavy (non-hydrogen) atoms. The van der Waals surface area contributed by atoms with Crippen molar-refractivity contribution >= 4 is 26.0 Å². The highest BCUT2D eigenvalue weighted by atomic mass is 79.9. The molecule has 6 heteroatoms. The van der Waals surface area contributed by atoms with Gasteiger partial charge in [0.15, 0.2) is 0 Å². The van der Waals surface area contributed by atoms with Gasteiger partial charge >= 0.3 is 0 Å². The number of nitrogens with zero attached hydrogens (tertiary/aromatic N) is 1. The van der Waals surface area contributed by atoms with E-state index in [4.69, 9.17) is 4.74 Å². The third-order valence-electron chi connectivity index (χ3n) is 3.32. The number of sulfonamides is 1. The molecule has 1 aromatic rings. The smallest absolute Gasteiger partial charge is 0.243 e. The summed E-state index contributed by atoms with van der Waals surface area (Å²) in [4.78, 5) is 0.352. The monoisotopic (exact) mass is 347 g/mol. The van der Waals surface area contributed by atoms with E-state index in [1.54, 1.807) is 18.2 Å². The summed E-state index contributed by atoms with van der Waals surface area (Å²) in [5, 5.41) is 0. The van der Waals surface area contributed by atoms with Crippen LogP contribution >= 0.6 is 15.9 Å². The van der Waals surface area contributed by atoms with Gasteiger partial charge in [0.25, 0.3) is 0 Å². The predicted molar refractivity (Wildman–Crippen MR) is 77.7 cm³/mol. The molecule has 0 bridgehead atoms. The van der Waals surface area contributed by atoms with Crippen LogP contribution < -0.4 is 0 Å². The number of halogens is 1. The van der Waals surface area contributed by atoms with Crippen molar-refractivity contribution in [3.63, 3.8) is 0 Å². The van der Waals surface area contributed by atoms with Crippen LogP contribution in [-0.2, 0) is 14.8 Å². The van der Waals surface area contributed by atoms with Crippen molar-refractivity contribution in [2.45, 2.75) is 31.3 Å². The van der Waals surface area contributed by atoms with Crippen LogP contribution in [0.3, 0.4) is 0 Å². The van der Waals surface area contributed by atoms with Crippen LogP contribution in [-0.4, -0.2) is 38.5 Å². The Hall–Kier alpha value is -0.430. The highest BCUT2D eigenvalue weighted by Gasteiger charge is 2.30. The fourth-order valence-electron chi connectivity index (χ4n) is 2.08. The molecule has 0 saturated carbocycles. The van der Waals surface area contributed by atoms with Gasteiger partial charge in [-0.05, 0) is 37.1 Å². The SMILES string of the molecule is CCC1CN(S(=O)(=O)c2ccc(Br)c(C)c2)CCO1. The van der Waals surface area contributed by atoms with E-state index in [2.05, 4.69) is 15.9 Å². The number of hydrogen-bond donors (Lipinski definition) is 0. The lowest BCUT2D eigenvalue weighted by Gasteiger charge is -2.31. The molecule has 1 aliphatic heterocycles. The summed E-state index contributed by atoms with van der Waals surface area (Å²) in [6, 6.07) is 5.12. The van der Waals surface area contributed by atoms with Crippen molar-refractivity contribution in [2.24, 2.45) is 0 Å². The Morgan fingerprint density at radius 2 is 2.21 bits per heavy atom. The fourth-order valence-corrected chi connectivity index (χ4v) is 3.87. The summed E-state index contributed by atoms with van der Waals surface area (Å²) in [6.07, 6.45) is 0.825. The Balaban J connectivity index is 2.28. The Morgan fingerprint density at radius 1 is 1.47 bits per heavy atom. The van der Waals surface area contributed by atoms with Gasteiger partial charge in [-0.2, -0.15) is 4.31 Å². The van der Waals surface area contributed by atoms with Crippen LogP contribution in [0.25, 0.3) is 0 Å². The van der Waals surface area contributed by atoms with Gasteiger partial charge in [0, 0.05) is 17.6 Å². The zero-order valence-electron chi connectivity index (χ0n) is 11.1. The van der Waals surface area contributed by atoms with Crippen LogP contribution in [0.4, 0.5) is 0 Å². The van der Waals surface area contributed by atoms with Crippen molar-refractivity contribution in [1.29, 1.82) is 0 Å². The molecule has 1 heterocycles. The van der Waals surface area contributed by atoms with E-state index in [1.807, 2.05) is 13.8 Å². The summed E-state index contributed by atoms with van der Waals surface area (Å²) in [5.41, 5.74) is 0.918. The molecule has 0 radical (unpaired) electrons. The molecule has 1 aliphatic rings. The van der Waals surface area contributed by atoms with Gasteiger partial charge in [-0.1, -0.05) is 22.9 Å². The summed E-state index contributed by atoms with van der Waals surface area (Å²) in [5.74, 6) is 0. The summed E-state index contributed by atoms with van der Waals surface area (Å²) >= 11 is 3.38. The highest BCUT2D eigenvalue weighted by Crippen LogP contribution is 2.24. The van der Waals surface area contributed by atoms with E-state index in [0.717, 1.165) is 16.5 Å². The maximum absolute atomic E-state index is 12.6. The Kier molecular flexibility index (Phi) is 4.66. The molecule has 1 aromatic carbocycles. The van der Waals surface area contributed by atoms with Crippen molar-refractivity contribution < 1.29 is 13.2 Å². The van der Waals surface area contributed by atoms with Crippen LogP contribution in [0.15, 0.2) is 27.6 Å². The molecule has 1 saturated heterocycles. The zero-order chi connectivity index (χ0) is 14.0. The standard InChI is InChI=1S/C13H18BrNO3S/c1-3-11-9-15(6-7-18-11)19(16,17)12-4-5-13(14)10(2)8-12/h4-5,8,11H,3,6-7,9H2,1-2H3. The van der Waals surface area contributed by atoms with E-state index in [0.29, 0.717) is 24.6 Å². The van der Waals surface area contributed by atoms with Crippen molar-refractivity contribution in [3.05, 3.63) is 28.2 Å². The normalized spacial score (nSPS) is 21.5. The second-order valence-corrected chi connectivity index (χ2v) is 7.47. The van der Waals surface area contributed by atoms with Crippen molar-refractivity contribution in [1.82, 2.24) is 4.31 Å². The maximum Gasteiger partial charge on any atom is 0.243 e. The molecule has 2 rings (SSSR count). The summed E-state index contributed by atoms with van der Waals surface area (Å²) < 4.78 is 33.1. The first-order chi connectivity index (χ1) is 8.95. The number of ether oxygens (including phenoxy) is 1. The first-order valence-electron chi connectivity index (χ1n) is 6.33. The zero-order valence-corrected chi connectivity index (χ0v) is 13.5. The number of morpholine rings is 1. The third-order valence-corrected chi connectivity index (χ3v) is 6.07. The number of benzene rings is 1. The molecule has 0 spiro atoms. The van der Waals surface area contributed by atoms with Gasteiger partial charge in [-0.15, -0.1) is 0 Å². The molecular weight excluding hydrogens is 330 g/mol. The quantitative estimate of drug-likeness (QED) is 0.844. The van der Waals surface area contributed by atoms with Gasteiger partial charge in [-0.25, -0.2) is 8.42 Å². The largest absolute Gasteiger partial charge is 0.375 e. The minimum atomic E-state index is -3.41. The first kappa shape index (κ1) is 15.0. The third kappa shape index (κ3) is 3.18. The molecule has 0 aliphatic carbocycles. The topological polar surface area (TPSA) is 46.6 Å². The summed E-state index contributed by atoms with van der Waals surface area (Å²) in [6.45, 7) is 5.22. The molecule has 4 nitrogen and oxygen atoms in total. The number of hydrogen-bond acceptors (Lipinski definition) is 3. The lowest BCUT2D eigenvalue weighted by Crippen LogP contribution is -2.45. The molecule has 1 atom stereocenters. The van der Waals surface area contributed by atoms with Crippen LogP contribution in [0.1, 0.15) is 18.9 Å². The van der Waals surface area contributed by atoms with E-state index >= 15 is 0 Å². The van der Waals surface area contributed by atoms with E-state index < -0.39 is 10.0 Å². The maximum atomic E-state index is 12.6. The van der Waals surface area contributed by atoms with E-state index in [9.17, 15) is 8.42 Å². The molecule has 0 aromatic heterocycles. The number of rotatable bonds is 3. The van der Waals surface area contributed by atoms with Gasteiger partial charge < -0.3 is 4.74 Å². The van der Waals surface area contributed by atoms with Gasteiger partial charge in [0.05, 0.1) is 17.6 Å². The average Bonchev–Trinajstić information content (AvgIpc) is 2.41. The predicted octanol–water partition coefficient (Wildman–Crippen LogP) is 2.56. The lowest BCUT2D eigenvalue weighted by atomic mass is 10.2. The molecule has 1 fully saturated rings. The van der Waals surface area contributed by atoms with E-state index in [-0.39, 0.29) is 6.10 Å². The molecule has 106 valence electrons. The second-order valence-electron chi connectivity index (χ2n) is 4.68. The van der Waals surface area contributed by atoms with Crippen LogP contribution in [0.5, 0.6) is 0 Å². The molecule has 0 amide bonds. The van der Waals surface area contributed by atoms with E-state index in [1.165, 1.54) is 4.31 Å². The molecule has 0 N–H and O–H groups in total. The molecule has 1 unspecified atom stereocenters. The van der Waals surface area contributed by atoms with Crippen LogP contribution in [0, 0.1) is 6.92 Å². The first-order valence-corrected chi connectivity index (χ1v) is 8.56. The van der Waals surface area contributed by atoms with Crippen LogP contribution in [0.2, 0.25) is 0 Å². The minimum absolute atomic E-state index is 0.0000651.